The van der Waals surface area contributed by atoms with Gasteiger partial charge in [0.1, 0.15) is 17.1 Å². The van der Waals surface area contributed by atoms with E-state index in [0.717, 1.165) is 37.5 Å². The molecular formula is C35H43Cl2N7O3S. The van der Waals surface area contributed by atoms with Gasteiger partial charge in [0.2, 0.25) is 17.7 Å². The fraction of sp³-hybridized carbons (Fsp3) is 0.371. The molecule has 0 aliphatic heterocycles. The number of aromatic amines is 1. The first kappa shape index (κ1) is 37.2. The number of hydrogen-bond acceptors (Lipinski definition) is 7. The Morgan fingerprint density at radius 1 is 1.08 bits per heavy atom. The smallest absolute Gasteiger partial charge is 0.245 e. The van der Waals surface area contributed by atoms with Crippen molar-refractivity contribution in [3.05, 3.63) is 87.7 Å². The van der Waals surface area contributed by atoms with E-state index in [9.17, 15) is 14.4 Å². The highest BCUT2D eigenvalue weighted by atomic mass is 35.5. The quantitative estimate of drug-likeness (QED) is 0.0978. The fourth-order valence-corrected chi connectivity index (χ4v) is 7.05. The first-order valence-corrected chi connectivity index (χ1v) is 17.3. The maximum absolute atomic E-state index is 13.9. The molecule has 0 saturated carbocycles. The number of amides is 3. The first-order valence-electron chi connectivity index (χ1n) is 15.8. The Kier molecular flexibility index (Phi) is 12.9. The van der Waals surface area contributed by atoms with E-state index in [1.807, 2.05) is 55.6 Å². The van der Waals surface area contributed by atoms with Crippen molar-refractivity contribution >= 4 is 63.6 Å². The van der Waals surface area contributed by atoms with Crippen LogP contribution in [0.15, 0.2) is 70.8 Å². The second kappa shape index (κ2) is 16.7. The van der Waals surface area contributed by atoms with Gasteiger partial charge in [-0.3, -0.25) is 19.7 Å². The van der Waals surface area contributed by atoms with Gasteiger partial charge in [-0.05, 0) is 87.5 Å². The third-order valence-electron chi connectivity index (χ3n) is 8.31. The number of halogens is 2. The van der Waals surface area contributed by atoms with Crippen LogP contribution in [0.25, 0.3) is 10.9 Å². The Balaban J connectivity index is 1.47. The lowest BCUT2D eigenvalue weighted by Crippen LogP contribution is -2.59. The number of likely N-dealkylation sites (N-methyl/N-ethyl adjacent to an activating group) is 1. The summed E-state index contributed by atoms with van der Waals surface area (Å²) in [5.41, 5.74) is 14.1. The largest absolute Gasteiger partial charge is 0.368 e. The number of aryl methyl sites for hydroxylation is 1. The number of primary amides is 1. The molecule has 7 N–H and O–H groups in total. The number of hydrogen-bond donors (Lipinski definition) is 5. The molecule has 0 saturated heterocycles. The minimum absolute atomic E-state index is 0.227. The van der Waals surface area contributed by atoms with Crippen LogP contribution in [-0.4, -0.2) is 63.8 Å². The third kappa shape index (κ3) is 9.29. The van der Waals surface area contributed by atoms with Crippen LogP contribution >= 0.6 is 35.0 Å². The van der Waals surface area contributed by atoms with Crippen molar-refractivity contribution in [2.75, 3.05) is 13.6 Å². The summed E-state index contributed by atoms with van der Waals surface area (Å²) in [7, 11) is 1.55. The van der Waals surface area contributed by atoms with Gasteiger partial charge in [-0.1, -0.05) is 59.2 Å². The predicted octanol–water partition coefficient (Wildman–Crippen LogP) is 5.37. The van der Waals surface area contributed by atoms with E-state index >= 15 is 0 Å². The minimum Gasteiger partial charge on any atom is -0.368 e. The average molecular weight is 713 g/mol. The van der Waals surface area contributed by atoms with Crippen LogP contribution in [0.2, 0.25) is 10.0 Å². The maximum Gasteiger partial charge on any atom is 0.245 e. The van der Waals surface area contributed by atoms with E-state index in [2.05, 4.69) is 20.6 Å². The van der Waals surface area contributed by atoms with Gasteiger partial charge >= 0.3 is 0 Å². The van der Waals surface area contributed by atoms with Crippen LogP contribution in [0, 0.1) is 6.92 Å². The summed E-state index contributed by atoms with van der Waals surface area (Å²) in [6, 6.07) is 13.2. The van der Waals surface area contributed by atoms with Crippen LogP contribution in [-0.2, 0) is 27.3 Å². The molecule has 4 aromatic rings. The molecule has 0 unspecified atom stereocenters. The lowest BCUT2D eigenvalue weighted by molar-refractivity contribution is -0.141. The molecule has 2 heterocycles. The Bertz CT molecular complexity index is 1740. The van der Waals surface area contributed by atoms with Crippen LogP contribution in [0.4, 0.5) is 0 Å². The molecular weight excluding hydrogens is 669 g/mol. The topological polar surface area (TPSA) is 159 Å². The molecule has 0 bridgehead atoms. The van der Waals surface area contributed by atoms with Gasteiger partial charge in [0, 0.05) is 53.2 Å². The van der Waals surface area contributed by atoms with Gasteiger partial charge in [-0.2, -0.15) is 0 Å². The summed E-state index contributed by atoms with van der Waals surface area (Å²) < 4.78 is 0. The molecule has 2 atom stereocenters. The number of rotatable bonds is 16. The van der Waals surface area contributed by atoms with Crippen LogP contribution in [0.3, 0.4) is 0 Å². The molecule has 2 aromatic heterocycles. The number of H-pyrrole nitrogens is 1. The first-order chi connectivity index (χ1) is 22.8. The van der Waals surface area contributed by atoms with Gasteiger partial charge in [0.25, 0.3) is 0 Å². The number of benzene rings is 2. The van der Waals surface area contributed by atoms with Crippen LogP contribution < -0.4 is 22.1 Å². The zero-order chi connectivity index (χ0) is 35.0. The van der Waals surface area contributed by atoms with Gasteiger partial charge in [0.05, 0.1) is 10.6 Å². The molecule has 10 nitrogen and oxygen atoms in total. The summed E-state index contributed by atoms with van der Waals surface area (Å²) in [6.07, 6.45) is 5.40. The minimum atomic E-state index is -1.08. The van der Waals surface area contributed by atoms with E-state index < -0.39 is 29.4 Å². The van der Waals surface area contributed by atoms with Gasteiger partial charge in [-0.25, -0.2) is 4.98 Å². The van der Waals surface area contributed by atoms with E-state index in [-0.39, 0.29) is 12.3 Å². The number of aromatic nitrogens is 2. The summed E-state index contributed by atoms with van der Waals surface area (Å²) in [5.74, 6) is -1.41. The van der Waals surface area contributed by atoms with Crippen molar-refractivity contribution in [2.24, 2.45) is 11.5 Å². The maximum atomic E-state index is 13.9. The molecule has 4 rings (SSSR count). The number of pyridine rings is 1. The number of nitrogens with two attached hydrogens (primary N) is 2. The highest BCUT2D eigenvalue weighted by Gasteiger charge is 2.35. The fourth-order valence-electron chi connectivity index (χ4n) is 5.39. The van der Waals surface area contributed by atoms with Crippen LogP contribution in [0.5, 0.6) is 0 Å². The summed E-state index contributed by atoms with van der Waals surface area (Å²) >= 11 is 14.1. The molecule has 13 heteroatoms. The average Bonchev–Trinajstić information content (AvgIpc) is 3.46. The van der Waals surface area contributed by atoms with Gasteiger partial charge in [-0.15, -0.1) is 0 Å². The Morgan fingerprint density at radius 2 is 1.83 bits per heavy atom. The standard InChI is InChI=1S/C35H43Cl2N7O3S/c1-21-16-24(36)18-26(37)30(21)48-32-22(10-9-15-40-32)20-42-35(2,3)34(47)43-28(13-7-8-14-38)33(46)44(4)29(31(39)45)17-23-19-41-27-12-6-5-11-25(23)27/h5-6,9-12,15-16,18-19,28-29,41-42H,7-8,13-14,17,20,38H2,1-4H3,(H2,39,45)(H,43,47)/t28-,29-/m0/s1. The van der Waals surface area contributed by atoms with Crippen molar-refractivity contribution in [3.8, 4) is 0 Å². The second-order valence-electron chi connectivity index (χ2n) is 12.3. The van der Waals surface area contributed by atoms with Crippen molar-refractivity contribution in [1.29, 1.82) is 0 Å². The highest BCUT2D eigenvalue weighted by molar-refractivity contribution is 7.99. The van der Waals surface area contributed by atoms with Crippen molar-refractivity contribution < 1.29 is 14.4 Å². The monoisotopic (exact) mass is 711 g/mol. The van der Waals surface area contributed by atoms with Crippen molar-refractivity contribution in [2.45, 2.75) is 80.5 Å². The molecule has 0 spiro atoms. The molecule has 0 aliphatic rings. The van der Waals surface area contributed by atoms with E-state index in [0.29, 0.717) is 42.4 Å². The molecule has 3 amide bonds. The normalized spacial score (nSPS) is 12.9. The van der Waals surface area contributed by atoms with E-state index in [4.69, 9.17) is 34.7 Å². The SMILES string of the molecule is Cc1cc(Cl)cc(Cl)c1Sc1ncccc1CNC(C)(C)C(=O)N[C@@H](CCCCN)C(=O)N(C)[C@@H](Cc1c[nH]c2ccccc12)C(N)=O. The van der Waals surface area contributed by atoms with Crippen molar-refractivity contribution in [1.82, 2.24) is 25.5 Å². The number of carbonyl (C=O) groups excluding carboxylic acids is 3. The van der Waals surface area contributed by atoms with E-state index in [1.54, 1.807) is 33.2 Å². The summed E-state index contributed by atoms with van der Waals surface area (Å²) in [4.78, 5) is 50.3. The van der Waals surface area contributed by atoms with Crippen molar-refractivity contribution in [3.63, 3.8) is 0 Å². The molecule has 48 heavy (non-hydrogen) atoms. The highest BCUT2D eigenvalue weighted by Crippen LogP contribution is 2.38. The molecule has 2 aromatic carbocycles. The zero-order valence-corrected chi connectivity index (χ0v) is 29.9. The Labute approximate surface area is 295 Å². The Hall–Kier alpha value is -3.61. The lowest BCUT2D eigenvalue weighted by Gasteiger charge is -2.32. The number of nitrogens with one attached hydrogen (secondary N) is 3. The van der Waals surface area contributed by atoms with Gasteiger partial charge in [0.15, 0.2) is 0 Å². The third-order valence-corrected chi connectivity index (χ3v) is 10.2. The molecule has 0 radical (unpaired) electrons. The van der Waals surface area contributed by atoms with E-state index in [1.165, 1.54) is 16.7 Å². The summed E-state index contributed by atoms with van der Waals surface area (Å²) in [6.45, 7) is 6.21. The lowest BCUT2D eigenvalue weighted by atomic mass is 9.99. The van der Waals surface area contributed by atoms with Gasteiger partial charge < -0.3 is 26.7 Å². The number of carbonyl (C=O) groups is 3. The van der Waals surface area contributed by atoms with Crippen LogP contribution in [0.1, 0.15) is 49.8 Å². The number of fused-ring (bicyclic) bond motifs is 1. The molecule has 0 fully saturated rings. The summed E-state index contributed by atoms with van der Waals surface area (Å²) in [5, 5.41) is 9.05. The zero-order valence-electron chi connectivity index (χ0n) is 27.6. The number of nitrogens with zero attached hydrogens (tertiary/aromatic N) is 2. The molecule has 256 valence electrons. The number of unbranched alkanes of at least 4 members (excludes halogenated alkanes) is 1. The Morgan fingerprint density at radius 3 is 2.54 bits per heavy atom. The molecule has 0 aliphatic carbocycles. The predicted molar refractivity (Wildman–Crippen MR) is 193 cm³/mol. The second-order valence-corrected chi connectivity index (χ2v) is 14.2. The number of para-hydroxylation sites is 1.